The van der Waals surface area contributed by atoms with E-state index in [1.165, 1.54) is 18.3 Å². The van der Waals surface area contributed by atoms with E-state index in [-0.39, 0.29) is 6.61 Å². The van der Waals surface area contributed by atoms with E-state index in [9.17, 15) is 0 Å². The van der Waals surface area contributed by atoms with E-state index in [0.29, 0.717) is 0 Å². The number of aliphatic hydroxyl groups is 1. The standard InChI is InChI=1S/C6H10.C5H10O/c1-2-5-4-6(5)3-1;1-5(2)3-4-6/h5-6H,1-4H2;3,6H,4H2,1-2H3. The number of allylic oxidation sites excluding steroid dienone is 1. The minimum absolute atomic E-state index is 0.169. The average Bonchev–Trinajstić information content (AvgIpc) is 2.60. The van der Waals surface area contributed by atoms with Gasteiger partial charge in [0.15, 0.2) is 0 Å². The number of aliphatic hydroxyl groups excluding tert-OH is 1. The molecule has 0 saturated heterocycles. The Hall–Kier alpha value is -0.300. The van der Waals surface area contributed by atoms with Crippen LogP contribution in [-0.4, -0.2) is 11.7 Å². The lowest BCUT2D eigenvalue weighted by atomic mass is 10.3. The molecule has 2 rings (SSSR count). The maximum absolute atomic E-state index is 8.16. The van der Waals surface area contributed by atoms with Crippen LogP contribution in [0.4, 0.5) is 0 Å². The van der Waals surface area contributed by atoms with Crippen molar-refractivity contribution in [3.63, 3.8) is 0 Å². The van der Waals surface area contributed by atoms with E-state index in [0.717, 1.165) is 5.57 Å². The first-order valence-electron chi connectivity index (χ1n) is 4.98. The average molecular weight is 168 g/mol. The van der Waals surface area contributed by atoms with E-state index < -0.39 is 0 Å². The zero-order valence-electron chi connectivity index (χ0n) is 8.21. The molecule has 0 heterocycles. The van der Waals surface area contributed by atoms with Gasteiger partial charge >= 0.3 is 0 Å². The number of rotatable bonds is 1. The second-order valence-corrected chi connectivity index (χ2v) is 4.15. The molecule has 0 spiro atoms. The molecule has 70 valence electrons. The van der Waals surface area contributed by atoms with Crippen molar-refractivity contribution in [3.05, 3.63) is 11.6 Å². The Morgan fingerprint density at radius 2 is 1.92 bits per heavy atom. The summed E-state index contributed by atoms with van der Waals surface area (Å²) >= 11 is 0. The molecule has 0 aromatic heterocycles. The summed E-state index contributed by atoms with van der Waals surface area (Å²) in [5.41, 5.74) is 1.16. The van der Waals surface area contributed by atoms with Gasteiger partial charge in [-0.2, -0.15) is 0 Å². The Morgan fingerprint density at radius 3 is 2.00 bits per heavy atom. The Kier molecular flexibility index (Phi) is 3.80. The van der Waals surface area contributed by atoms with Crippen LogP contribution in [0.3, 0.4) is 0 Å². The zero-order chi connectivity index (χ0) is 8.97. The fourth-order valence-corrected chi connectivity index (χ4v) is 1.84. The van der Waals surface area contributed by atoms with Gasteiger partial charge in [-0.1, -0.05) is 30.9 Å². The maximum Gasteiger partial charge on any atom is 0.0614 e. The molecule has 2 aliphatic rings. The highest BCUT2D eigenvalue weighted by molar-refractivity contribution is 4.92. The molecule has 0 aliphatic heterocycles. The van der Waals surface area contributed by atoms with E-state index in [1.807, 2.05) is 13.8 Å². The summed E-state index contributed by atoms with van der Waals surface area (Å²) in [6, 6.07) is 0. The van der Waals surface area contributed by atoms with Crippen molar-refractivity contribution in [1.29, 1.82) is 0 Å². The lowest BCUT2D eigenvalue weighted by molar-refractivity contribution is 0.342. The Morgan fingerprint density at radius 1 is 1.33 bits per heavy atom. The van der Waals surface area contributed by atoms with E-state index >= 15 is 0 Å². The van der Waals surface area contributed by atoms with Crippen LogP contribution in [0.1, 0.15) is 39.5 Å². The molecule has 2 unspecified atom stereocenters. The monoisotopic (exact) mass is 168 g/mol. The summed E-state index contributed by atoms with van der Waals surface area (Å²) in [5, 5.41) is 8.16. The number of hydrogen-bond acceptors (Lipinski definition) is 1. The zero-order valence-corrected chi connectivity index (χ0v) is 8.21. The lowest BCUT2D eigenvalue weighted by Gasteiger charge is -1.80. The van der Waals surface area contributed by atoms with Crippen molar-refractivity contribution in [2.24, 2.45) is 11.8 Å². The van der Waals surface area contributed by atoms with Gasteiger partial charge in [-0.25, -0.2) is 0 Å². The predicted octanol–water partition coefficient (Wildman–Crippen LogP) is 2.75. The highest BCUT2D eigenvalue weighted by Crippen LogP contribution is 2.51. The molecule has 0 radical (unpaired) electrons. The molecule has 1 N–H and O–H groups in total. The molecular weight excluding hydrogens is 148 g/mol. The van der Waals surface area contributed by atoms with Crippen LogP contribution in [0.15, 0.2) is 11.6 Å². The third-order valence-electron chi connectivity index (χ3n) is 2.72. The smallest absolute Gasteiger partial charge is 0.0614 e. The SMILES string of the molecule is C1CC2CC2C1.CC(C)=CCO. The highest BCUT2D eigenvalue weighted by Gasteiger charge is 2.40. The van der Waals surface area contributed by atoms with Crippen LogP contribution in [0.25, 0.3) is 0 Å². The van der Waals surface area contributed by atoms with E-state index in [4.69, 9.17) is 5.11 Å². The molecular formula is C11H20O. The molecule has 2 aliphatic carbocycles. The summed E-state index contributed by atoms with van der Waals surface area (Å²) in [7, 11) is 0. The first kappa shape index (κ1) is 9.79. The second kappa shape index (κ2) is 4.66. The largest absolute Gasteiger partial charge is 0.392 e. The van der Waals surface area contributed by atoms with Gasteiger partial charge < -0.3 is 5.11 Å². The van der Waals surface area contributed by atoms with Gasteiger partial charge in [0.25, 0.3) is 0 Å². The predicted molar refractivity (Wildman–Crippen MR) is 52.0 cm³/mol. The van der Waals surface area contributed by atoms with Gasteiger partial charge in [-0.05, 0) is 32.1 Å². The fourth-order valence-electron chi connectivity index (χ4n) is 1.84. The molecule has 0 bridgehead atoms. The second-order valence-electron chi connectivity index (χ2n) is 4.15. The third-order valence-corrected chi connectivity index (χ3v) is 2.72. The molecule has 1 nitrogen and oxygen atoms in total. The van der Waals surface area contributed by atoms with Crippen molar-refractivity contribution in [3.8, 4) is 0 Å². The number of hydrogen-bond donors (Lipinski definition) is 1. The van der Waals surface area contributed by atoms with Crippen LogP contribution in [0.5, 0.6) is 0 Å². The molecule has 0 aromatic carbocycles. The van der Waals surface area contributed by atoms with Gasteiger partial charge in [0.05, 0.1) is 6.61 Å². The van der Waals surface area contributed by atoms with E-state index in [2.05, 4.69) is 0 Å². The lowest BCUT2D eigenvalue weighted by Crippen LogP contribution is -1.71. The van der Waals surface area contributed by atoms with Crippen LogP contribution in [0.2, 0.25) is 0 Å². The minimum atomic E-state index is 0.169. The fraction of sp³-hybridized carbons (Fsp3) is 0.818. The third kappa shape index (κ3) is 3.40. The topological polar surface area (TPSA) is 20.2 Å². The van der Waals surface area contributed by atoms with E-state index in [1.54, 1.807) is 25.3 Å². The van der Waals surface area contributed by atoms with Crippen LogP contribution >= 0.6 is 0 Å². The minimum Gasteiger partial charge on any atom is -0.392 e. The van der Waals surface area contributed by atoms with Crippen molar-refractivity contribution >= 4 is 0 Å². The van der Waals surface area contributed by atoms with Crippen LogP contribution in [-0.2, 0) is 0 Å². The maximum atomic E-state index is 8.16. The van der Waals surface area contributed by atoms with Gasteiger partial charge in [0.1, 0.15) is 0 Å². The van der Waals surface area contributed by atoms with Crippen molar-refractivity contribution < 1.29 is 5.11 Å². The Balaban J connectivity index is 0.000000120. The highest BCUT2D eigenvalue weighted by atomic mass is 16.2. The first-order chi connectivity index (χ1) is 5.74. The molecule has 2 atom stereocenters. The molecule has 2 saturated carbocycles. The quantitative estimate of drug-likeness (QED) is 0.597. The molecule has 12 heavy (non-hydrogen) atoms. The summed E-state index contributed by atoms with van der Waals surface area (Å²) in [5.74, 6) is 2.43. The Bertz CT molecular complexity index is 148. The van der Waals surface area contributed by atoms with Gasteiger partial charge in [0, 0.05) is 0 Å². The summed E-state index contributed by atoms with van der Waals surface area (Å²) < 4.78 is 0. The normalized spacial score (nSPS) is 29.9. The molecule has 1 heteroatoms. The molecule has 0 aromatic rings. The van der Waals surface area contributed by atoms with Crippen molar-refractivity contribution in [2.75, 3.05) is 6.61 Å². The van der Waals surface area contributed by atoms with Gasteiger partial charge in [-0.3, -0.25) is 0 Å². The van der Waals surface area contributed by atoms with Gasteiger partial charge in [-0.15, -0.1) is 0 Å². The van der Waals surface area contributed by atoms with Crippen LogP contribution < -0.4 is 0 Å². The summed E-state index contributed by atoms with van der Waals surface area (Å²) in [4.78, 5) is 0. The molecule has 2 fully saturated rings. The first-order valence-corrected chi connectivity index (χ1v) is 4.98. The van der Waals surface area contributed by atoms with Crippen molar-refractivity contribution in [2.45, 2.75) is 39.5 Å². The Labute approximate surface area is 75.5 Å². The number of fused-ring (bicyclic) bond motifs is 1. The van der Waals surface area contributed by atoms with Gasteiger partial charge in [0.2, 0.25) is 0 Å². The molecule has 0 amide bonds. The van der Waals surface area contributed by atoms with Crippen LogP contribution in [0, 0.1) is 11.8 Å². The van der Waals surface area contributed by atoms with Crippen molar-refractivity contribution in [1.82, 2.24) is 0 Å². The summed E-state index contributed by atoms with van der Waals surface area (Å²) in [6.07, 6.45) is 8.00. The summed E-state index contributed by atoms with van der Waals surface area (Å²) in [6.45, 7) is 4.08.